The van der Waals surface area contributed by atoms with Crippen molar-refractivity contribution in [2.24, 2.45) is 0 Å². The standard InChI is InChI=1S/C16H11ClN2O3/c17-11-5-3-4-10(8-11)9-22-16(21)14-12-6-1-2-7-13(12)15(20)19-18-14/h1-8H,9H2,(H,19,20). The topological polar surface area (TPSA) is 72.0 Å². The first-order valence-corrected chi connectivity index (χ1v) is 6.92. The highest BCUT2D eigenvalue weighted by molar-refractivity contribution is 6.30. The lowest BCUT2D eigenvalue weighted by Crippen LogP contribution is -2.16. The summed E-state index contributed by atoms with van der Waals surface area (Å²) >= 11 is 5.88. The van der Waals surface area contributed by atoms with Gasteiger partial charge < -0.3 is 4.74 Å². The molecule has 2 aromatic carbocycles. The van der Waals surface area contributed by atoms with E-state index in [1.54, 1.807) is 48.5 Å². The number of nitrogens with one attached hydrogen (secondary N) is 1. The van der Waals surface area contributed by atoms with E-state index >= 15 is 0 Å². The van der Waals surface area contributed by atoms with Gasteiger partial charge in [0.2, 0.25) is 0 Å². The van der Waals surface area contributed by atoms with Crippen LogP contribution in [0.15, 0.2) is 53.3 Å². The molecule has 1 heterocycles. The fourth-order valence-electron chi connectivity index (χ4n) is 2.11. The molecule has 0 amide bonds. The van der Waals surface area contributed by atoms with Crippen LogP contribution in [0.3, 0.4) is 0 Å². The number of esters is 1. The molecule has 3 rings (SSSR count). The van der Waals surface area contributed by atoms with Crippen LogP contribution < -0.4 is 5.56 Å². The smallest absolute Gasteiger partial charge is 0.359 e. The van der Waals surface area contributed by atoms with Crippen LogP contribution in [0.1, 0.15) is 16.1 Å². The maximum Gasteiger partial charge on any atom is 0.359 e. The molecule has 0 fully saturated rings. The molecule has 0 saturated carbocycles. The van der Waals surface area contributed by atoms with Crippen LogP contribution in [0.4, 0.5) is 0 Å². The lowest BCUT2D eigenvalue weighted by Gasteiger charge is -2.06. The summed E-state index contributed by atoms with van der Waals surface area (Å²) in [7, 11) is 0. The molecule has 1 aromatic heterocycles. The van der Waals surface area contributed by atoms with E-state index in [9.17, 15) is 9.59 Å². The van der Waals surface area contributed by atoms with Crippen LogP contribution in [-0.2, 0) is 11.3 Å². The first kappa shape index (κ1) is 14.3. The summed E-state index contributed by atoms with van der Waals surface area (Å²) in [6, 6.07) is 13.8. The number of hydrogen-bond donors (Lipinski definition) is 1. The zero-order valence-electron chi connectivity index (χ0n) is 11.4. The number of rotatable bonds is 3. The maximum absolute atomic E-state index is 12.2. The Bertz CT molecular complexity index is 905. The predicted octanol–water partition coefficient (Wildman–Crippen LogP) is 2.93. The highest BCUT2D eigenvalue weighted by atomic mass is 35.5. The molecular formula is C16H11ClN2O3. The predicted molar refractivity (Wildman–Crippen MR) is 82.9 cm³/mol. The number of halogens is 1. The van der Waals surface area contributed by atoms with Gasteiger partial charge in [0, 0.05) is 10.4 Å². The summed E-state index contributed by atoms with van der Waals surface area (Å²) < 4.78 is 5.23. The van der Waals surface area contributed by atoms with Crippen molar-refractivity contribution in [3.05, 3.63) is 75.2 Å². The normalized spacial score (nSPS) is 10.6. The van der Waals surface area contributed by atoms with Crippen LogP contribution in [0, 0.1) is 0 Å². The molecule has 0 aliphatic rings. The van der Waals surface area contributed by atoms with Crippen molar-refractivity contribution in [3.63, 3.8) is 0 Å². The average Bonchev–Trinajstić information content (AvgIpc) is 2.53. The lowest BCUT2D eigenvalue weighted by atomic mass is 10.1. The summed E-state index contributed by atoms with van der Waals surface area (Å²) in [6.45, 7) is 0.0779. The Morgan fingerprint density at radius 3 is 2.68 bits per heavy atom. The van der Waals surface area contributed by atoms with Gasteiger partial charge in [-0.25, -0.2) is 9.89 Å². The Labute approximate surface area is 130 Å². The van der Waals surface area contributed by atoms with Gasteiger partial charge in [-0.3, -0.25) is 4.79 Å². The molecule has 3 aromatic rings. The number of ether oxygens (including phenoxy) is 1. The first-order valence-electron chi connectivity index (χ1n) is 6.54. The Kier molecular flexibility index (Phi) is 3.89. The van der Waals surface area contributed by atoms with Crippen molar-refractivity contribution in [2.75, 3.05) is 0 Å². The number of benzene rings is 2. The molecule has 6 heteroatoms. The molecule has 0 spiro atoms. The second-order valence-electron chi connectivity index (χ2n) is 4.65. The second-order valence-corrected chi connectivity index (χ2v) is 5.09. The molecular weight excluding hydrogens is 304 g/mol. The number of H-pyrrole nitrogens is 1. The molecule has 0 aliphatic heterocycles. The van der Waals surface area contributed by atoms with Gasteiger partial charge in [-0.15, -0.1) is 0 Å². The average molecular weight is 315 g/mol. The van der Waals surface area contributed by atoms with Crippen LogP contribution in [-0.4, -0.2) is 16.2 Å². The number of carbonyl (C=O) groups is 1. The van der Waals surface area contributed by atoms with Gasteiger partial charge >= 0.3 is 5.97 Å². The van der Waals surface area contributed by atoms with E-state index < -0.39 is 5.97 Å². The monoisotopic (exact) mass is 314 g/mol. The molecule has 22 heavy (non-hydrogen) atoms. The van der Waals surface area contributed by atoms with Crippen molar-refractivity contribution in [1.82, 2.24) is 10.2 Å². The van der Waals surface area contributed by atoms with Crippen molar-refractivity contribution in [2.45, 2.75) is 6.61 Å². The number of carbonyl (C=O) groups excluding carboxylic acids is 1. The Balaban J connectivity index is 1.87. The second kappa shape index (κ2) is 5.99. The minimum Gasteiger partial charge on any atom is -0.456 e. The van der Waals surface area contributed by atoms with Gasteiger partial charge in [-0.05, 0) is 23.8 Å². The number of fused-ring (bicyclic) bond motifs is 1. The highest BCUT2D eigenvalue weighted by Crippen LogP contribution is 2.15. The third kappa shape index (κ3) is 2.84. The van der Waals surface area contributed by atoms with Gasteiger partial charge in [0.1, 0.15) is 6.61 Å². The van der Waals surface area contributed by atoms with E-state index in [0.29, 0.717) is 15.8 Å². The number of nitrogens with zero attached hydrogens (tertiary/aromatic N) is 1. The molecule has 0 saturated heterocycles. The molecule has 1 N–H and O–H groups in total. The van der Waals surface area contributed by atoms with Crippen LogP contribution in [0.5, 0.6) is 0 Å². The Morgan fingerprint density at radius 1 is 1.14 bits per heavy atom. The van der Waals surface area contributed by atoms with Crippen molar-refractivity contribution in [1.29, 1.82) is 0 Å². The zero-order chi connectivity index (χ0) is 15.5. The number of hydrogen-bond acceptors (Lipinski definition) is 4. The van der Waals surface area contributed by atoms with Gasteiger partial charge in [0.05, 0.1) is 5.39 Å². The third-order valence-corrected chi connectivity index (χ3v) is 3.38. The summed E-state index contributed by atoms with van der Waals surface area (Å²) in [6.07, 6.45) is 0. The Morgan fingerprint density at radius 2 is 1.91 bits per heavy atom. The van der Waals surface area contributed by atoms with Crippen LogP contribution >= 0.6 is 11.6 Å². The van der Waals surface area contributed by atoms with Crippen molar-refractivity contribution < 1.29 is 9.53 Å². The van der Waals surface area contributed by atoms with E-state index in [1.807, 2.05) is 0 Å². The van der Waals surface area contributed by atoms with Gasteiger partial charge in [0.15, 0.2) is 5.69 Å². The zero-order valence-corrected chi connectivity index (χ0v) is 12.1. The maximum atomic E-state index is 12.2. The number of aromatic nitrogens is 2. The molecule has 0 unspecified atom stereocenters. The first-order chi connectivity index (χ1) is 10.6. The summed E-state index contributed by atoms with van der Waals surface area (Å²) in [5.41, 5.74) is 0.508. The minimum absolute atomic E-state index is 0.0779. The molecule has 0 radical (unpaired) electrons. The molecule has 0 atom stereocenters. The van der Waals surface area contributed by atoms with Gasteiger partial charge in [-0.2, -0.15) is 5.10 Å². The van der Waals surface area contributed by atoms with Crippen molar-refractivity contribution >= 4 is 28.3 Å². The largest absolute Gasteiger partial charge is 0.456 e. The van der Waals surface area contributed by atoms with E-state index in [2.05, 4.69) is 10.2 Å². The summed E-state index contributed by atoms with van der Waals surface area (Å²) in [4.78, 5) is 23.9. The third-order valence-electron chi connectivity index (χ3n) is 3.15. The minimum atomic E-state index is -0.604. The highest BCUT2D eigenvalue weighted by Gasteiger charge is 2.15. The molecule has 0 bridgehead atoms. The van der Waals surface area contributed by atoms with E-state index in [0.717, 1.165) is 5.56 Å². The van der Waals surface area contributed by atoms with Crippen LogP contribution in [0.25, 0.3) is 10.8 Å². The van der Waals surface area contributed by atoms with E-state index in [-0.39, 0.29) is 17.9 Å². The van der Waals surface area contributed by atoms with Crippen molar-refractivity contribution in [3.8, 4) is 0 Å². The molecule has 110 valence electrons. The SMILES string of the molecule is O=C(OCc1cccc(Cl)c1)c1n[nH]c(=O)c2ccccc12. The molecule has 0 aliphatic carbocycles. The number of aromatic amines is 1. The Hall–Kier alpha value is -2.66. The van der Waals surface area contributed by atoms with E-state index in [4.69, 9.17) is 16.3 Å². The fraction of sp³-hybridized carbons (Fsp3) is 0.0625. The van der Waals surface area contributed by atoms with E-state index in [1.165, 1.54) is 0 Å². The van der Waals surface area contributed by atoms with Gasteiger partial charge in [-0.1, -0.05) is 41.9 Å². The summed E-state index contributed by atoms with van der Waals surface area (Å²) in [5.74, 6) is -0.604. The van der Waals surface area contributed by atoms with Gasteiger partial charge in [0.25, 0.3) is 5.56 Å². The summed E-state index contributed by atoms with van der Waals surface area (Å²) in [5, 5.41) is 7.53. The quantitative estimate of drug-likeness (QED) is 0.754. The molecule has 5 nitrogen and oxygen atoms in total. The fourth-order valence-corrected chi connectivity index (χ4v) is 2.33. The lowest BCUT2D eigenvalue weighted by molar-refractivity contribution is 0.0467. The van der Waals surface area contributed by atoms with Crippen LogP contribution in [0.2, 0.25) is 5.02 Å².